The molecule has 1 aromatic heterocycles. The van der Waals surface area contributed by atoms with E-state index in [0.717, 1.165) is 34.6 Å². The summed E-state index contributed by atoms with van der Waals surface area (Å²) < 4.78 is 2.01. The average molecular weight is 456 g/mol. The number of hydrogen-bond donors (Lipinski definition) is 1. The Labute approximate surface area is 197 Å². The van der Waals surface area contributed by atoms with Crippen molar-refractivity contribution in [2.75, 3.05) is 5.75 Å². The third-order valence-electron chi connectivity index (χ3n) is 5.10. The van der Waals surface area contributed by atoms with Gasteiger partial charge < -0.3 is 4.57 Å². The van der Waals surface area contributed by atoms with Gasteiger partial charge in [0, 0.05) is 12.1 Å². The SMILES string of the molecule is CCn1c(SCC(=O)N/N=C/c2ccc(-c3ccccc3)cc2)nnc1-c1ccc(C)cc1. The third-order valence-corrected chi connectivity index (χ3v) is 6.06. The van der Waals surface area contributed by atoms with Crippen molar-refractivity contribution in [3.05, 3.63) is 90.0 Å². The van der Waals surface area contributed by atoms with Gasteiger partial charge in [-0.1, -0.05) is 96.2 Å². The molecule has 0 aliphatic rings. The predicted octanol–water partition coefficient (Wildman–Crippen LogP) is 5.18. The zero-order chi connectivity index (χ0) is 23.0. The number of carbonyl (C=O) groups excluding carboxylic acids is 1. The molecule has 0 unspecified atom stereocenters. The fourth-order valence-electron chi connectivity index (χ4n) is 3.33. The van der Waals surface area contributed by atoms with E-state index in [1.54, 1.807) is 6.21 Å². The van der Waals surface area contributed by atoms with Crippen LogP contribution in [0.4, 0.5) is 0 Å². The van der Waals surface area contributed by atoms with E-state index in [1.807, 2.05) is 66.1 Å². The standard InChI is InChI=1S/C26H25N5OS/c1-3-31-25(23-13-9-19(2)10-14-23)29-30-26(31)33-18-24(32)28-27-17-20-11-15-22(16-12-20)21-7-5-4-6-8-21/h4-17H,3,18H2,1-2H3,(H,28,32)/b27-17+. The molecule has 0 radical (unpaired) electrons. The summed E-state index contributed by atoms with van der Waals surface area (Å²) in [5.41, 5.74) is 8.00. The van der Waals surface area contributed by atoms with Crippen LogP contribution in [0.25, 0.3) is 22.5 Å². The predicted molar refractivity (Wildman–Crippen MR) is 134 cm³/mol. The Morgan fingerprint density at radius 1 is 0.939 bits per heavy atom. The van der Waals surface area contributed by atoms with Crippen LogP contribution >= 0.6 is 11.8 Å². The molecule has 1 heterocycles. The van der Waals surface area contributed by atoms with Gasteiger partial charge in [0.2, 0.25) is 0 Å². The van der Waals surface area contributed by atoms with Crippen molar-refractivity contribution in [1.29, 1.82) is 0 Å². The third kappa shape index (κ3) is 5.75. The van der Waals surface area contributed by atoms with Gasteiger partial charge in [-0.25, -0.2) is 5.43 Å². The molecule has 7 heteroatoms. The second-order valence-corrected chi connectivity index (χ2v) is 8.43. The molecule has 3 aromatic carbocycles. The zero-order valence-electron chi connectivity index (χ0n) is 18.6. The molecular weight excluding hydrogens is 430 g/mol. The number of hydrogen-bond acceptors (Lipinski definition) is 5. The second kappa shape index (κ2) is 10.7. The summed E-state index contributed by atoms with van der Waals surface area (Å²) >= 11 is 1.35. The van der Waals surface area contributed by atoms with Crippen LogP contribution in [0.2, 0.25) is 0 Å². The Morgan fingerprint density at radius 3 is 2.30 bits per heavy atom. The number of aryl methyl sites for hydroxylation is 1. The molecule has 0 bridgehead atoms. The molecule has 0 atom stereocenters. The number of hydrazone groups is 1. The van der Waals surface area contributed by atoms with E-state index in [4.69, 9.17) is 0 Å². The first-order chi connectivity index (χ1) is 16.1. The summed E-state index contributed by atoms with van der Waals surface area (Å²) in [5, 5.41) is 13.4. The van der Waals surface area contributed by atoms with Crippen LogP contribution in [0, 0.1) is 6.92 Å². The van der Waals surface area contributed by atoms with Crippen LogP contribution in [0.5, 0.6) is 0 Å². The van der Waals surface area contributed by atoms with Gasteiger partial charge >= 0.3 is 0 Å². The van der Waals surface area contributed by atoms with Gasteiger partial charge in [0.1, 0.15) is 0 Å². The van der Waals surface area contributed by atoms with Crippen molar-refractivity contribution in [2.24, 2.45) is 5.10 Å². The Hall–Kier alpha value is -3.71. The Kier molecular flexibility index (Phi) is 7.32. The molecule has 1 amide bonds. The smallest absolute Gasteiger partial charge is 0.250 e. The highest BCUT2D eigenvalue weighted by atomic mass is 32.2. The summed E-state index contributed by atoms with van der Waals surface area (Å²) in [6, 6.07) is 26.4. The first kappa shape index (κ1) is 22.5. The molecule has 0 fully saturated rings. The quantitative estimate of drug-likeness (QED) is 0.226. The van der Waals surface area contributed by atoms with E-state index in [9.17, 15) is 4.79 Å². The molecule has 166 valence electrons. The lowest BCUT2D eigenvalue weighted by Gasteiger charge is -2.07. The van der Waals surface area contributed by atoms with Gasteiger partial charge in [-0.05, 0) is 30.5 Å². The maximum Gasteiger partial charge on any atom is 0.250 e. The fourth-order valence-corrected chi connectivity index (χ4v) is 4.12. The minimum atomic E-state index is -0.195. The molecule has 0 spiro atoms. The Bertz CT molecular complexity index is 1230. The van der Waals surface area contributed by atoms with Gasteiger partial charge in [0.15, 0.2) is 11.0 Å². The maximum absolute atomic E-state index is 12.3. The number of benzene rings is 3. The van der Waals surface area contributed by atoms with Crippen molar-refractivity contribution in [1.82, 2.24) is 20.2 Å². The van der Waals surface area contributed by atoms with E-state index in [-0.39, 0.29) is 11.7 Å². The van der Waals surface area contributed by atoms with Gasteiger partial charge in [0.05, 0.1) is 12.0 Å². The van der Waals surface area contributed by atoms with Crippen LogP contribution < -0.4 is 5.43 Å². The highest BCUT2D eigenvalue weighted by Gasteiger charge is 2.14. The van der Waals surface area contributed by atoms with Crippen LogP contribution in [0.3, 0.4) is 0 Å². The summed E-state index contributed by atoms with van der Waals surface area (Å²) in [6.45, 7) is 4.81. The molecule has 4 rings (SSSR count). The number of thioether (sulfide) groups is 1. The maximum atomic E-state index is 12.3. The van der Waals surface area contributed by atoms with E-state index in [0.29, 0.717) is 5.16 Å². The number of nitrogens with one attached hydrogen (secondary N) is 1. The molecule has 0 aliphatic carbocycles. The zero-order valence-corrected chi connectivity index (χ0v) is 19.4. The number of amides is 1. The van der Waals surface area contributed by atoms with Gasteiger partial charge in [-0.3, -0.25) is 4.79 Å². The molecule has 6 nitrogen and oxygen atoms in total. The van der Waals surface area contributed by atoms with Crippen molar-refractivity contribution in [3.63, 3.8) is 0 Å². The van der Waals surface area contributed by atoms with Crippen LogP contribution in [-0.4, -0.2) is 32.6 Å². The highest BCUT2D eigenvalue weighted by molar-refractivity contribution is 7.99. The average Bonchev–Trinajstić information content (AvgIpc) is 3.27. The van der Waals surface area contributed by atoms with Crippen molar-refractivity contribution in [2.45, 2.75) is 25.5 Å². The summed E-state index contributed by atoms with van der Waals surface area (Å²) in [6.07, 6.45) is 1.64. The van der Waals surface area contributed by atoms with Crippen LogP contribution in [0.15, 0.2) is 89.1 Å². The van der Waals surface area contributed by atoms with E-state index in [1.165, 1.54) is 17.3 Å². The molecule has 0 aliphatic heterocycles. The molecule has 0 saturated carbocycles. The Balaban J connectivity index is 1.31. The van der Waals surface area contributed by atoms with Gasteiger partial charge in [0.25, 0.3) is 5.91 Å². The molecule has 1 N–H and O–H groups in total. The molecule has 33 heavy (non-hydrogen) atoms. The normalized spacial score (nSPS) is 11.1. The largest absolute Gasteiger partial charge is 0.302 e. The lowest BCUT2D eigenvalue weighted by Crippen LogP contribution is -2.20. The number of rotatable bonds is 8. The van der Waals surface area contributed by atoms with Gasteiger partial charge in [-0.2, -0.15) is 5.10 Å². The van der Waals surface area contributed by atoms with Crippen molar-refractivity contribution in [3.8, 4) is 22.5 Å². The second-order valence-electron chi connectivity index (χ2n) is 7.49. The number of aromatic nitrogens is 3. The number of carbonyl (C=O) groups is 1. The lowest BCUT2D eigenvalue weighted by atomic mass is 10.0. The Morgan fingerprint density at radius 2 is 1.61 bits per heavy atom. The number of nitrogens with zero attached hydrogens (tertiary/aromatic N) is 4. The van der Waals surface area contributed by atoms with Crippen LogP contribution in [-0.2, 0) is 11.3 Å². The lowest BCUT2D eigenvalue weighted by molar-refractivity contribution is -0.118. The fraction of sp³-hybridized carbons (Fsp3) is 0.154. The first-order valence-corrected chi connectivity index (χ1v) is 11.7. The minimum absolute atomic E-state index is 0.195. The first-order valence-electron chi connectivity index (χ1n) is 10.7. The van der Waals surface area contributed by atoms with E-state index in [2.05, 4.69) is 51.9 Å². The monoisotopic (exact) mass is 455 g/mol. The summed E-state index contributed by atoms with van der Waals surface area (Å²) in [7, 11) is 0. The van der Waals surface area contributed by atoms with Gasteiger partial charge in [-0.15, -0.1) is 10.2 Å². The van der Waals surface area contributed by atoms with Crippen molar-refractivity contribution < 1.29 is 4.79 Å². The molecule has 4 aromatic rings. The summed E-state index contributed by atoms with van der Waals surface area (Å²) in [5.74, 6) is 0.813. The molecular formula is C26H25N5OS. The van der Waals surface area contributed by atoms with E-state index < -0.39 is 0 Å². The molecule has 0 saturated heterocycles. The highest BCUT2D eigenvalue weighted by Crippen LogP contribution is 2.24. The topological polar surface area (TPSA) is 72.2 Å². The van der Waals surface area contributed by atoms with E-state index >= 15 is 0 Å². The minimum Gasteiger partial charge on any atom is -0.302 e. The summed E-state index contributed by atoms with van der Waals surface area (Å²) in [4.78, 5) is 12.3. The van der Waals surface area contributed by atoms with Crippen LogP contribution in [0.1, 0.15) is 18.1 Å². The van der Waals surface area contributed by atoms with Crippen molar-refractivity contribution >= 4 is 23.9 Å².